The zero-order valence-electron chi connectivity index (χ0n) is 9.57. The summed E-state index contributed by atoms with van der Waals surface area (Å²) < 4.78 is 1.72. The summed E-state index contributed by atoms with van der Waals surface area (Å²) in [5, 5.41) is 16.1. The van der Waals surface area contributed by atoms with Gasteiger partial charge in [-0.1, -0.05) is 6.92 Å². The van der Waals surface area contributed by atoms with Gasteiger partial charge in [0.15, 0.2) is 0 Å². The number of aryl methyl sites for hydroxylation is 1. The maximum absolute atomic E-state index is 11.6. The van der Waals surface area contributed by atoms with Crippen molar-refractivity contribution in [3.05, 3.63) is 21.0 Å². The Labute approximate surface area is 103 Å². The second-order valence-electron chi connectivity index (χ2n) is 3.89. The van der Waals surface area contributed by atoms with Crippen molar-refractivity contribution in [3.63, 3.8) is 0 Å². The molecule has 2 unspecified atom stereocenters. The molecule has 1 heterocycles. The van der Waals surface area contributed by atoms with Gasteiger partial charge in [0.25, 0.3) is 5.56 Å². The Morgan fingerprint density at radius 3 is 2.81 bits per heavy atom. The summed E-state index contributed by atoms with van der Waals surface area (Å²) in [7, 11) is 1.59. The molecular weight excluding hydrogens is 274 g/mol. The van der Waals surface area contributed by atoms with Gasteiger partial charge in [-0.25, -0.2) is 4.68 Å². The minimum atomic E-state index is -0.186. The maximum atomic E-state index is 11.6. The average Bonchev–Trinajstić information content (AvgIpc) is 2.28. The number of nitrogens with zero attached hydrogens (tertiary/aromatic N) is 2. The van der Waals surface area contributed by atoms with Crippen LogP contribution in [0.3, 0.4) is 0 Å². The molecule has 2 N–H and O–H groups in total. The van der Waals surface area contributed by atoms with E-state index in [0.717, 1.165) is 0 Å². The van der Waals surface area contributed by atoms with Gasteiger partial charge < -0.3 is 10.4 Å². The summed E-state index contributed by atoms with van der Waals surface area (Å²) in [5.74, 6) is 0.107. The van der Waals surface area contributed by atoms with Crippen LogP contribution in [-0.4, -0.2) is 27.5 Å². The molecule has 0 fully saturated rings. The van der Waals surface area contributed by atoms with Crippen molar-refractivity contribution in [2.45, 2.75) is 19.9 Å². The van der Waals surface area contributed by atoms with E-state index in [2.05, 4.69) is 26.3 Å². The Morgan fingerprint density at radius 1 is 1.62 bits per heavy atom. The summed E-state index contributed by atoms with van der Waals surface area (Å²) in [6.07, 6.45) is 1.59. The van der Waals surface area contributed by atoms with Crippen molar-refractivity contribution in [1.29, 1.82) is 0 Å². The summed E-state index contributed by atoms with van der Waals surface area (Å²) in [6, 6.07) is 0.0650. The quantitative estimate of drug-likeness (QED) is 0.867. The normalized spacial score (nSPS) is 14.6. The number of aliphatic hydroxyl groups is 1. The first-order chi connectivity index (χ1) is 7.47. The van der Waals surface area contributed by atoms with Crippen molar-refractivity contribution in [2.24, 2.45) is 13.0 Å². The first-order valence-corrected chi connectivity index (χ1v) is 5.85. The van der Waals surface area contributed by atoms with Crippen LogP contribution in [0.2, 0.25) is 0 Å². The number of aromatic nitrogens is 2. The molecule has 0 aliphatic rings. The fourth-order valence-corrected chi connectivity index (χ4v) is 1.63. The van der Waals surface area contributed by atoms with Crippen LogP contribution in [-0.2, 0) is 7.05 Å². The lowest BCUT2D eigenvalue weighted by atomic mass is 10.1. The average molecular weight is 290 g/mol. The predicted octanol–water partition coefficient (Wildman–Crippen LogP) is 0.972. The molecule has 0 saturated heterocycles. The molecule has 0 saturated carbocycles. The van der Waals surface area contributed by atoms with Crippen LogP contribution < -0.4 is 10.9 Å². The van der Waals surface area contributed by atoms with Crippen LogP contribution in [0.25, 0.3) is 0 Å². The van der Waals surface area contributed by atoms with E-state index in [1.807, 2.05) is 13.8 Å². The molecule has 0 bridgehead atoms. The van der Waals surface area contributed by atoms with Crippen LogP contribution in [0.5, 0.6) is 0 Å². The summed E-state index contributed by atoms with van der Waals surface area (Å²) in [5.41, 5.74) is 0.463. The van der Waals surface area contributed by atoms with Crippen molar-refractivity contribution >= 4 is 21.6 Å². The standard InChI is InChI=1S/C10H16BrN3O2/c1-6(5-15)7(2)13-8-4-12-14(3)10(16)9(8)11/h4,6-7,13,15H,5H2,1-3H3. The molecule has 6 heteroatoms. The molecule has 90 valence electrons. The van der Waals surface area contributed by atoms with Crippen molar-refractivity contribution in [3.8, 4) is 0 Å². The molecule has 0 aliphatic heterocycles. The molecule has 16 heavy (non-hydrogen) atoms. The number of anilines is 1. The van der Waals surface area contributed by atoms with E-state index in [4.69, 9.17) is 5.11 Å². The topological polar surface area (TPSA) is 67.2 Å². The monoisotopic (exact) mass is 289 g/mol. The third-order valence-corrected chi connectivity index (χ3v) is 3.37. The lowest BCUT2D eigenvalue weighted by molar-refractivity contribution is 0.226. The van der Waals surface area contributed by atoms with Gasteiger partial charge >= 0.3 is 0 Å². The van der Waals surface area contributed by atoms with Gasteiger partial charge in [-0.3, -0.25) is 4.79 Å². The minimum absolute atomic E-state index is 0.0650. The van der Waals surface area contributed by atoms with Crippen LogP contribution in [0.4, 0.5) is 5.69 Å². The van der Waals surface area contributed by atoms with E-state index < -0.39 is 0 Å². The van der Waals surface area contributed by atoms with E-state index in [9.17, 15) is 4.79 Å². The predicted molar refractivity (Wildman–Crippen MR) is 66.5 cm³/mol. The number of nitrogens with one attached hydrogen (secondary N) is 1. The zero-order valence-corrected chi connectivity index (χ0v) is 11.2. The zero-order chi connectivity index (χ0) is 12.3. The minimum Gasteiger partial charge on any atom is -0.396 e. The van der Waals surface area contributed by atoms with E-state index in [1.165, 1.54) is 4.68 Å². The van der Waals surface area contributed by atoms with Gasteiger partial charge in [-0.15, -0.1) is 0 Å². The lowest BCUT2D eigenvalue weighted by Gasteiger charge is -2.20. The fraction of sp³-hybridized carbons (Fsp3) is 0.600. The van der Waals surface area contributed by atoms with E-state index in [0.29, 0.717) is 10.2 Å². The van der Waals surface area contributed by atoms with Crippen LogP contribution in [0.1, 0.15) is 13.8 Å². The van der Waals surface area contributed by atoms with Crippen LogP contribution >= 0.6 is 15.9 Å². The highest BCUT2D eigenvalue weighted by atomic mass is 79.9. The molecule has 0 amide bonds. The fourth-order valence-electron chi connectivity index (χ4n) is 1.16. The number of aliphatic hydroxyl groups excluding tert-OH is 1. The smallest absolute Gasteiger partial charge is 0.282 e. The van der Waals surface area contributed by atoms with E-state index in [-0.39, 0.29) is 24.1 Å². The molecule has 0 aromatic carbocycles. The Kier molecular flexibility index (Phi) is 4.49. The molecule has 1 rings (SSSR count). The van der Waals surface area contributed by atoms with Crippen LogP contribution in [0, 0.1) is 5.92 Å². The third-order valence-electron chi connectivity index (χ3n) is 2.60. The molecule has 1 aromatic heterocycles. The first kappa shape index (κ1) is 13.2. The second-order valence-corrected chi connectivity index (χ2v) is 4.69. The molecule has 1 aromatic rings. The van der Waals surface area contributed by atoms with Gasteiger partial charge in [0.1, 0.15) is 4.47 Å². The van der Waals surface area contributed by atoms with Gasteiger partial charge in [0.05, 0.1) is 11.9 Å². The molecule has 0 aliphatic carbocycles. The highest BCUT2D eigenvalue weighted by Crippen LogP contribution is 2.18. The van der Waals surface area contributed by atoms with Gasteiger partial charge in [-0.05, 0) is 28.8 Å². The molecule has 0 radical (unpaired) electrons. The Bertz CT molecular complexity index is 419. The van der Waals surface area contributed by atoms with Crippen LogP contribution in [0.15, 0.2) is 15.5 Å². The van der Waals surface area contributed by atoms with Crippen molar-refractivity contribution in [2.75, 3.05) is 11.9 Å². The van der Waals surface area contributed by atoms with E-state index >= 15 is 0 Å². The summed E-state index contributed by atoms with van der Waals surface area (Å²) >= 11 is 3.23. The maximum Gasteiger partial charge on any atom is 0.282 e. The third kappa shape index (κ3) is 2.82. The van der Waals surface area contributed by atoms with Gasteiger partial charge in [0.2, 0.25) is 0 Å². The van der Waals surface area contributed by atoms with Gasteiger partial charge in [0, 0.05) is 19.7 Å². The summed E-state index contributed by atoms with van der Waals surface area (Å²) in [6.45, 7) is 3.98. The van der Waals surface area contributed by atoms with E-state index in [1.54, 1.807) is 13.2 Å². The lowest BCUT2D eigenvalue weighted by Crippen LogP contribution is -2.28. The number of halogens is 1. The Hall–Kier alpha value is -0.880. The first-order valence-electron chi connectivity index (χ1n) is 5.06. The number of hydrogen-bond donors (Lipinski definition) is 2. The molecule has 2 atom stereocenters. The number of rotatable bonds is 4. The molecule has 0 spiro atoms. The highest BCUT2D eigenvalue weighted by Gasteiger charge is 2.14. The Balaban J connectivity index is 2.91. The second kappa shape index (κ2) is 5.45. The molecular formula is C10H16BrN3O2. The SMILES string of the molecule is CC(CO)C(C)Nc1cnn(C)c(=O)c1Br. The number of hydrogen-bond acceptors (Lipinski definition) is 4. The Morgan fingerprint density at radius 2 is 2.25 bits per heavy atom. The van der Waals surface area contributed by atoms with Crippen molar-refractivity contribution < 1.29 is 5.11 Å². The van der Waals surface area contributed by atoms with Gasteiger partial charge in [-0.2, -0.15) is 5.10 Å². The largest absolute Gasteiger partial charge is 0.396 e. The highest BCUT2D eigenvalue weighted by molar-refractivity contribution is 9.10. The summed E-state index contributed by atoms with van der Waals surface area (Å²) in [4.78, 5) is 11.6. The van der Waals surface area contributed by atoms with Crippen molar-refractivity contribution in [1.82, 2.24) is 9.78 Å². The molecule has 5 nitrogen and oxygen atoms in total.